The standard InChI is InChI=1S/C17H20N2O5S/c1-22-8-11-9-25-16-13(18)15(20)19(16)14(11)17(21)24-7-10-3-5-12(23-2)6-4-10/h3-6,13,16H,7-9,18H2,1-2H3/t13?,16-/m0/s1. The second kappa shape index (κ2) is 7.47. The van der Waals surface area contributed by atoms with Crippen molar-refractivity contribution < 1.29 is 23.8 Å². The van der Waals surface area contributed by atoms with Gasteiger partial charge in [0, 0.05) is 12.9 Å². The smallest absolute Gasteiger partial charge is 0.355 e. The number of carbonyl (C=O) groups is 2. The van der Waals surface area contributed by atoms with Gasteiger partial charge in [0.15, 0.2) is 0 Å². The summed E-state index contributed by atoms with van der Waals surface area (Å²) in [5, 5.41) is -0.211. The summed E-state index contributed by atoms with van der Waals surface area (Å²) in [6.07, 6.45) is 0. The first-order valence-corrected chi connectivity index (χ1v) is 8.83. The second-order valence-electron chi connectivity index (χ2n) is 5.74. The molecule has 2 N–H and O–H groups in total. The minimum atomic E-state index is -0.571. The Morgan fingerprint density at radius 1 is 1.28 bits per heavy atom. The van der Waals surface area contributed by atoms with Gasteiger partial charge in [0.1, 0.15) is 29.5 Å². The third-order valence-electron chi connectivity index (χ3n) is 4.13. The maximum absolute atomic E-state index is 12.6. The highest BCUT2D eigenvalue weighted by Gasteiger charge is 2.52. The number of nitrogens with two attached hydrogens (primary N) is 1. The molecule has 3 rings (SSSR count). The molecule has 1 amide bonds. The molecule has 0 aliphatic carbocycles. The van der Waals surface area contributed by atoms with E-state index in [-0.39, 0.29) is 30.2 Å². The van der Waals surface area contributed by atoms with E-state index < -0.39 is 12.0 Å². The first-order chi connectivity index (χ1) is 12.1. The Labute approximate surface area is 150 Å². The summed E-state index contributed by atoms with van der Waals surface area (Å²) in [7, 11) is 3.14. The van der Waals surface area contributed by atoms with Crippen molar-refractivity contribution in [3.05, 3.63) is 41.1 Å². The molecule has 2 heterocycles. The normalized spacial score (nSPS) is 22.4. The number of methoxy groups -OCH3 is 2. The predicted molar refractivity (Wildman–Crippen MR) is 92.8 cm³/mol. The number of rotatable bonds is 6. The number of fused-ring (bicyclic) bond motifs is 1. The Balaban J connectivity index is 1.74. The van der Waals surface area contributed by atoms with Crippen molar-refractivity contribution in [2.45, 2.75) is 18.0 Å². The van der Waals surface area contributed by atoms with Gasteiger partial charge in [-0.05, 0) is 23.3 Å². The molecule has 25 heavy (non-hydrogen) atoms. The summed E-state index contributed by atoms with van der Waals surface area (Å²) >= 11 is 1.53. The summed E-state index contributed by atoms with van der Waals surface area (Å²) < 4.78 is 15.7. The average Bonchev–Trinajstić information content (AvgIpc) is 2.65. The van der Waals surface area contributed by atoms with Crippen LogP contribution < -0.4 is 10.5 Å². The number of esters is 1. The fourth-order valence-corrected chi connectivity index (χ4v) is 4.07. The van der Waals surface area contributed by atoms with Crippen molar-refractivity contribution in [3.63, 3.8) is 0 Å². The first-order valence-electron chi connectivity index (χ1n) is 7.78. The highest BCUT2D eigenvalue weighted by Crippen LogP contribution is 2.39. The number of hydrogen-bond donors (Lipinski definition) is 1. The molecule has 1 saturated heterocycles. The minimum Gasteiger partial charge on any atom is -0.497 e. The zero-order chi connectivity index (χ0) is 18.0. The van der Waals surface area contributed by atoms with Gasteiger partial charge in [0.25, 0.3) is 0 Å². The lowest BCUT2D eigenvalue weighted by atomic mass is 10.0. The lowest BCUT2D eigenvalue weighted by Crippen LogP contribution is -2.68. The molecule has 0 aromatic heterocycles. The number of hydrogen-bond acceptors (Lipinski definition) is 7. The number of nitrogens with zero attached hydrogens (tertiary/aromatic N) is 1. The van der Waals surface area contributed by atoms with Crippen LogP contribution in [0.25, 0.3) is 0 Å². The van der Waals surface area contributed by atoms with Crippen LogP contribution in [0, 0.1) is 0 Å². The summed E-state index contributed by atoms with van der Waals surface area (Å²) in [5.74, 6) is 0.520. The average molecular weight is 364 g/mol. The molecule has 8 heteroatoms. The third-order valence-corrected chi connectivity index (χ3v) is 5.49. The van der Waals surface area contributed by atoms with Gasteiger partial charge in [-0.15, -0.1) is 11.8 Å². The SMILES string of the molecule is COCC1=C(C(=O)OCc2ccc(OC)cc2)N2C(=O)C(N)[C@@H]2SC1. The number of β-lactam (4-membered cyclic amide) rings is 1. The van der Waals surface area contributed by atoms with Gasteiger partial charge in [0.05, 0.1) is 13.7 Å². The van der Waals surface area contributed by atoms with Crippen LogP contribution in [0.15, 0.2) is 35.5 Å². The van der Waals surface area contributed by atoms with Crippen molar-refractivity contribution in [1.29, 1.82) is 0 Å². The summed E-state index contributed by atoms with van der Waals surface area (Å²) in [6, 6.07) is 6.66. The van der Waals surface area contributed by atoms with Crippen molar-refractivity contribution in [1.82, 2.24) is 4.90 Å². The summed E-state index contributed by atoms with van der Waals surface area (Å²) in [6.45, 7) is 0.379. The van der Waals surface area contributed by atoms with Gasteiger partial charge < -0.3 is 19.9 Å². The van der Waals surface area contributed by atoms with Crippen LogP contribution in [0.1, 0.15) is 5.56 Å². The third kappa shape index (κ3) is 3.37. The second-order valence-corrected chi connectivity index (χ2v) is 6.85. The largest absolute Gasteiger partial charge is 0.497 e. The Morgan fingerprint density at radius 2 is 2.00 bits per heavy atom. The molecule has 0 radical (unpaired) electrons. The van der Waals surface area contributed by atoms with E-state index >= 15 is 0 Å². The minimum absolute atomic E-state index is 0.110. The van der Waals surface area contributed by atoms with Crippen molar-refractivity contribution in [3.8, 4) is 5.75 Å². The molecule has 134 valence electrons. The van der Waals surface area contributed by atoms with Gasteiger partial charge >= 0.3 is 5.97 Å². The zero-order valence-electron chi connectivity index (χ0n) is 14.1. The molecule has 1 aromatic rings. The van der Waals surface area contributed by atoms with E-state index in [4.69, 9.17) is 19.9 Å². The van der Waals surface area contributed by atoms with Gasteiger partial charge in [-0.3, -0.25) is 9.69 Å². The van der Waals surface area contributed by atoms with Crippen LogP contribution in [0.5, 0.6) is 5.75 Å². The summed E-state index contributed by atoms with van der Waals surface area (Å²) in [5.41, 5.74) is 7.66. The fourth-order valence-electron chi connectivity index (χ4n) is 2.79. The Kier molecular flexibility index (Phi) is 5.31. The number of amides is 1. The molecule has 1 aromatic carbocycles. The molecular formula is C17H20N2O5S. The van der Waals surface area contributed by atoms with Gasteiger partial charge in [-0.1, -0.05) is 12.1 Å². The van der Waals surface area contributed by atoms with E-state index in [0.717, 1.165) is 16.9 Å². The van der Waals surface area contributed by atoms with Crippen LogP contribution >= 0.6 is 11.8 Å². The lowest BCUT2D eigenvalue weighted by Gasteiger charge is -2.48. The maximum Gasteiger partial charge on any atom is 0.355 e. The van der Waals surface area contributed by atoms with E-state index in [1.165, 1.54) is 16.7 Å². The number of carbonyl (C=O) groups excluding carboxylic acids is 2. The molecule has 2 aliphatic rings. The van der Waals surface area contributed by atoms with Crippen molar-refractivity contribution >= 4 is 23.6 Å². The monoisotopic (exact) mass is 364 g/mol. The molecule has 2 atom stereocenters. The molecule has 0 bridgehead atoms. The topological polar surface area (TPSA) is 91.1 Å². The molecule has 0 spiro atoms. The zero-order valence-corrected chi connectivity index (χ0v) is 14.9. The molecule has 7 nitrogen and oxygen atoms in total. The van der Waals surface area contributed by atoms with E-state index in [1.807, 2.05) is 12.1 Å². The fraction of sp³-hybridized carbons (Fsp3) is 0.412. The van der Waals surface area contributed by atoms with Gasteiger partial charge in [-0.2, -0.15) is 0 Å². The van der Waals surface area contributed by atoms with E-state index in [9.17, 15) is 9.59 Å². The summed E-state index contributed by atoms with van der Waals surface area (Å²) in [4.78, 5) is 26.1. The van der Waals surface area contributed by atoms with Crippen LogP contribution in [0.2, 0.25) is 0 Å². The predicted octanol–water partition coefficient (Wildman–Crippen LogP) is 0.881. The Hall–Kier alpha value is -2.03. The maximum atomic E-state index is 12.6. The van der Waals surface area contributed by atoms with Gasteiger partial charge in [-0.25, -0.2) is 4.79 Å². The van der Waals surface area contributed by atoms with E-state index in [1.54, 1.807) is 26.4 Å². The number of thioether (sulfide) groups is 1. The van der Waals surface area contributed by atoms with Crippen LogP contribution in [-0.2, 0) is 25.7 Å². The van der Waals surface area contributed by atoms with Crippen LogP contribution in [0.3, 0.4) is 0 Å². The molecule has 0 saturated carbocycles. The Morgan fingerprint density at radius 3 is 2.64 bits per heavy atom. The highest BCUT2D eigenvalue weighted by molar-refractivity contribution is 8.00. The Bertz CT molecular complexity index is 703. The van der Waals surface area contributed by atoms with Crippen molar-refractivity contribution in [2.75, 3.05) is 26.6 Å². The number of benzene rings is 1. The van der Waals surface area contributed by atoms with Gasteiger partial charge in [0.2, 0.25) is 5.91 Å². The van der Waals surface area contributed by atoms with Crippen LogP contribution in [0.4, 0.5) is 0 Å². The molecule has 2 aliphatic heterocycles. The number of ether oxygens (including phenoxy) is 3. The molecule has 1 fully saturated rings. The highest BCUT2D eigenvalue weighted by atomic mass is 32.2. The molecular weight excluding hydrogens is 344 g/mol. The molecule has 1 unspecified atom stereocenters. The van der Waals surface area contributed by atoms with Crippen molar-refractivity contribution in [2.24, 2.45) is 5.73 Å². The first kappa shape index (κ1) is 17.8. The van der Waals surface area contributed by atoms with E-state index in [2.05, 4.69) is 0 Å². The lowest BCUT2D eigenvalue weighted by molar-refractivity contribution is -0.151. The van der Waals surface area contributed by atoms with E-state index in [0.29, 0.717) is 5.75 Å². The quantitative estimate of drug-likeness (QED) is 0.592. The van der Waals surface area contributed by atoms with Crippen LogP contribution in [-0.4, -0.2) is 54.8 Å².